The summed E-state index contributed by atoms with van der Waals surface area (Å²) in [7, 11) is 0. The van der Waals surface area contributed by atoms with Crippen LogP contribution in [0.1, 0.15) is 22.5 Å². The quantitative estimate of drug-likeness (QED) is 0.864. The van der Waals surface area contributed by atoms with Crippen molar-refractivity contribution >= 4 is 17.2 Å². The van der Waals surface area contributed by atoms with E-state index >= 15 is 0 Å². The molecule has 0 unspecified atom stereocenters. The summed E-state index contributed by atoms with van der Waals surface area (Å²) in [6.07, 6.45) is 1.74. The SMILES string of the molecule is Cc1ncn(Cc2cc(F)ccc2C(N)=S)c1C. The summed E-state index contributed by atoms with van der Waals surface area (Å²) in [5.74, 6) is -0.292. The smallest absolute Gasteiger partial charge is 0.123 e. The van der Waals surface area contributed by atoms with Crippen molar-refractivity contribution in [1.29, 1.82) is 0 Å². The van der Waals surface area contributed by atoms with E-state index < -0.39 is 0 Å². The van der Waals surface area contributed by atoms with Crippen LogP contribution in [-0.4, -0.2) is 14.5 Å². The molecule has 0 radical (unpaired) electrons. The number of rotatable bonds is 3. The Balaban J connectivity index is 2.42. The number of nitrogens with zero attached hydrogens (tertiary/aromatic N) is 2. The maximum Gasteiger partial charge on any atom is 0.123 e. The molecule has 0 saturated heterocycles. The molecule has 1 aromatic carbocycles. The summed E-state index contributed by atoms with van der Waals surface area (Å²) in [5.41, 5.74) is 9.13. The van der Waals surface area contributed by atoms with Gasteiger partial charge >= 0.3 is 0 Å². The minimum atomic E-state index is -0.292. The Bertz CT molecular complexity index is 604. The highest BCUT2D eigenvalue weighted by Crippen LogP contribution is 2.15. The predicted molar refractivity (Wildman–Crippen MR) is 73.1 cm³/mol. The molecule has 0 spiro atoms. The van der Waals surface area contributed by atoms with E-state index in [1.807, 2.05) is 18.4 Å². The van der Waals surface area contributed by atoms with E-state index in [2.05, 4.69) is 4.98 Å². The number of hydrogen-bond acceptors (Lipinski definition) is 2. The summed E-state index contributed by atoms with van der Waals surface area (Å²) in [4.78, 5) is 4.49. The van der Waals surface area contributed by atoms with Crippen LogP contribution in [0.3, 0.4) is 0 Å². The third-order valence-corrected chi connectivity index (χ3v) is 3.24. The van der Waals surface area contributed by atoms with Gasteiger partial charge in [0.15, 0.2) is 0 Å². The lowest BCUT2D eigenvalue weighted by Crippen LogP contribution is -2.14. The highest BCUT2D eigenvalue weighted by atomic mass is 32.1. The number of halogens is 1. The van der Waals surface area contributed by atoms with E-state index in [1.165, 1.54) is 12.1 Å². The molecule has 0 amide bonds. The van der Waals surface area contributed by atoms with Crippen LogP contribution in [0.4, 0.5) is 4.39 Å². The molecule has 0 bridgehead atoms. The Morgan fingerprint density at radius 3 is 2.72 bits per heavy atom. The van der Waals surface area contributed by atoms with Crippen LogP contribution in [-0.2, 0) is 6.54 Å². The van der Waals surface area contributed by atoms with Gasteiger partial charge in [-0.2, -0.15) is 0 Å². The Morgan fingerprint density at radius 2 is 2.17 bits per heavy atom. The summed E-state index contributed by atoms with van der Waals surface area (Å²) >= 11 is 4.98. The number of nitrogens with two attached hydrogens (primary N) is 1. The number of aryl methyl sites for hydroxylation is 1. The fraction of sp³-hybridized carbons (Fsp3) is 0.231. The zero-order valence-electron chi connectivity index (χ0n) is 10.3. The Morgan fingerprint density at radius 1 is 1.44 bits per heavy atom. The van der Waals surface area contributed by atoms with E-state index in [-0.39, 0.29) is 10.8 Å². The van der Waals surface area contributed by atoms with Gasteiger partial charge in [-0.1, -0.05) is 12.2 Å². The van der Waals surface area contributed by atoms with E-state index in [1.54, 1.807) is 12.4 Å². The van der Waals surface area contributed by atoms with Crippen molar-refractivity contribution in [2.24, 2.45) is 5.73 Å². The zero-order valence-corrected chi connectivity index (χ0v) is 11.1. The van der Waals surface area contributed by atoms with Crippen molar-refractivity contribution in [2.45, 2.75) is 20.4 Å². The summed E-state index contributed by atoms with van der Waals surface area (Å²) in [6, 6.07) is 4.44. The fourth-order valence-electron chi connectivity index (χ4n) is 1.82. The van der Waals surface area contributed by atoms with Crippen LogP contribution in [0.25, 0.3) is 0 Å². The predicted octanol–water partition coefficient (Wildman–Crippen LogP) is 2.32. The van der Waals surface area contributed by atoms with Gasteiger partial charge in [-0.15, -0.1) is 0 Å². The highest BCUT2D eigenvalue weighted by molar-refractivity contribution is 7.80. The largest absolute Gasteiger partial charge is 0.389 e. The maximum absolute atomic E-state index is 13.3. The van der Waals surface area contributed by atoms with Gasteiger partial charge in [0.2, 0.25) is 0 Å². The second-order valence-electron chi connectivity index (χ2n) is 4.21. The van der Waals surface area contributed by atoms with Gasteiger partial charge in [-0.3, -0.25) is 0 Å². The van der Waals surface area contributed by atoms with E-state index in [0.29, 0.717) is 12.1 Å². The molecule has 2 N–H and O–H groups in total. The normalized spacial score (nSPS) is 10.6. The lowest BCUT2D eigenvalue weighted by atomic mass is 10.1. The van der Waals surface area contributed by atoms with Crippen LogP contribution in [0, 0.1) is 19.7 Å². The first kappa shape index (κ1) is 12.7. The van der Waals surface area contributed by atoms with E-state index in [0.717, 1.165) is 17.0 Å². The average Bonchev–Trinajstić information content (AvgIpc) is 2.61. The Kier molecular flexibility index (Phi) is 3.43. The van der Waals surface area contributed by atoms with Crippen molar-refractivity contribution in [2.75, 3.05) is 0 Å². The minimum Gasteiger partial charge on any atom is -0.389 e. The third-order valence-electron chi connectivity index (χ3n) is 3.02. The van der Waals surface area contributed by atoms with Gasteiger partial charge in [0.25, 0.3) is 0 Å². The van der Waals surface area contributed by atoms with Gasteiger partial charge in [0.1, 0.15) is 10.8 Å². The number of thiocarbonyl (C=S) groups is 1. The molecule has 94 valence electrons. The monoisotopic (exact) mass is 263 g/mol. The van der Waals surface area contributed by atoms with Crippen molar-refractivity contribution in [1.82, 2.24) is 9.55 Å². The molecule has 0 aliphatic heterocycles. The van der Waals surface area contributed by atoms with Crippen LogP contribution in [0.15, 0.2) is 24.5 Å². The summed E-state index contributed by atoms with van der Waals surface area (Å²) in [5, 5.41) is 0. The van der Waals surface area contributed by atoms with E-state index in [9.17, 15) is 4.39 Å². The van der Waals surface area contributed by atoms with Crippen molar-refractivity contribution < 1.29 is 4.39 Å². The molecule has 3 nitrogen and oxygen atoms in total. The topological polar surface area (TPSA) is 43.8 Å². The van der Waals surface area contributed by atoms with E-state index in [4.69, 9.17) is 18.0 Å². The van der Waals surface area contributed by atoms with Gasteiger partial charge in [-0.05, 0) is 37.6 Å². The molecule has 1 aromatic heterocycles. The van der Waals surface area contributed by atoms with Crippen molar-refractivity contribution in [3.8, 4) is 0 Å². The minimum absolute atomic E-state index is 0.277. The molecule has 0 saturated carbocycles. The first-order valence-corrected chi connectivity index (χ1v) is 5.96. The second-order valence-corrected chi connectivity index (χ2v) is 4.65. The molecule has 0 aliphatic rings. The molecule has 5 heteroatoms. The van der Waals surface area contributed by atoms with Gasteiger partial charge in [0, 0.05) is 17.8 Å². The van der Waals surface area contributed by atoms with Crippen LogP contribution < -0.4 is 5.73 Å². The average molecular weight is 263 g/mol. The molecule has 0 atom stereocenters. The van der Waals surface area contributed by atoms with Crippen LogP contribution in [0.5, 0.6) is 0 Å². The second kappa shape index (κ2) is 4.86. The molecular weight excluding hydrogens is 249 g/mol. The Hall–Kier alpha value is -1.75. The zero-order chi connectivity index (χ0) is 13.3. The molecule has 1 heterocycles. The van der Waals surface area contributed by atoms with Gasteiger partial charge in [-0.25, -0.2) is 9.37 Å². The number of imidazole rings is 1. The van der Waals surface area contributed by atoms with Crippen LogP contribution in [0.2, 0.25) is 0 Å². The summed E-state index contributed by atoms with van der Waals surface area (Å²) in [6.45, 7) is 4.42. The molecule has 2 rings (SSSR count). The maximum atomic E-state index is 13.3. The van der Waals surface area contributed by atoms with Crippen molar-refractivity contribution in [3.05, 3.63) is 52.9 Å². The lowest BCUT2D eigenvalue weighted by molar-refractivity contribution is 0.623. The summed E-state index contributed by atoms with van der Waals surface area (Å²) < 4.78 is 15.3. The number of aromatic nitrogens is 2. The molecule has 0 aliphatic carbocycles. The fourth-order valence-corrected chi connectivity index (χ4v) is 2.02. The first-order valence-electron chi connectivity index (χ1n) is 5.55. The lowest BCUT2D eigenvalue weighted by Gasteiger charge is -2.10. The molecular formula is C13H14FN3S. The van der Waals surface area contributed by atoms with Crippen molar-refractivity contribution in [3.63, 3.8) is 0 Å². The first-order chi connectivity index (χ1) is 8.49. The standard InChI is InChI=1S/C13H14FN3S/c1-8-9(2)17(7-16-8)6-10-5-11(14)3-4-12(10)13(15)18/h3-5,7H,6H2,1-2H3,(H2,15,18). The number of benzene rings is 1. The number of hydrogen-bond donors (Lipinski definition) is 1. The van der Waals surface area contributed by atoms with Gasteiger partial charge in [0.05, 0.1) is 12.0 Å². The molecule has 18 heavy (non-hydrogen) atoms. The van der Waals surface area contributed by atoms with Gasteiger partial charge < -0.3 is 10.3 Å². The highest BCUT2D eigenvalue weighted by Gasteiger charge is 2.09. The Labute approximate surface area is 110 Å². The van der Waals surface area contributed by atoms with Crippen LogP contribution >= 0.6 is 12.2 Å². The third kappa shape index (κ3) is 2.41. The molecule has 0 fully saturated rings. The molecule has 2 aromatic rings.